The Labute approximate surface area is 91.5 Å². The van der Waals surface area contributed by atoms with E-state index in [0.29, 0.717) is 13.2 Å². The molecule has 0 atom stereocenters. The molecule has 5 nitrogen and oxygen atoms in total. The van der Waals surface area contributed by atoms with E-state index < -0.39 is 5.97 Å². The molecule has 1 amide bonds. The van der Waals surface area contributed by atoms with E-state index in [4.69, 9.17) is 4.74 Å². The van der Waals surface area contributed by atoms with Crippen LogP contribution in [0.4, 0.5) is 0 Å². The molecule has 0 saturated heterocycles. The summed E-state index contributed by atoms with van der Waals surface area (Å²) in [6.45, 7) is 4.37. The van der Waals surface area contributed by atoms with Crippen molar-refractivity contribution in [2.24, 2.45) is 0 Å². The number of esters is 1. The van der Waals surface area contributed by atoms with Crippen LogP contribution in [0.2, 0.25) is 0 Å². The van der Waals surface area contributed by atoms with Crippen LogP contribution in [0.1, 0.15) is 34.1 Å². The van der Waals surface area contributed by atoms with Gasteiger partial charge < -0.3 is 10.1 Å². The number of amides is 1. The van der Waals surface area contributed by atoms with Gasteiger partial charge in [-0.2, -0.15) is 0 Å². The number of thiazole rings is 1. The molecule has 1 aromatic rings. The molecular weight excluding hydrogens is 216 g/mol. The number of hydrogen-bond acceptors (Lipinski definition) is 5. The van der Waals surface area contributed by atoms with Crippen LogP contribution in [0.15, 0.2) is 5.38 Å². The highest BCUT2D eigenvalue weighted by atomic mass is 32.1. The third kappa shape index (κ3) is 3.02. The van der Waals surface area contributed by atoms with Crippen LogP contribution in [0, 0.1) is 0 Å². The van der Waals surface area contributed by atoms with Crippen LogP contribution < -0.4 is 5.32 Å². The van der Waals surface area contributed by atoms with Crippen LogP contribution >= 0.6 is 11.3 Å². The lowest BCUT2D eigenvalue weighted by molar-refractivity contribution is 0.0526. The fraction of sp³-hybridized carbons (Fsp3) is 0.444. The third-order valence-electron chi connectivity index (χ3n) is 1.52. The lowest BCUT2D eigenvalue weighted by Crippen LogP contribution is -2.23. The Bertz CT molecular complexity index is 329. The zero-order valence-corrected chi connectivity index (χ0v) is 9.39. The molecular formula is C9H12N2O3S. The summed E-state index contributed by atoms with van der Waals surface area (Å²) in [5, 5.41) is 4.34. The van der Waals surface area contributed by atoms with Crippen molar-refractivity contribution in [1.29, 1.82) is 0 Å². The molecule has 0 aliphatic rings. The van der Waals surface area contributed by atoms with Gasteiger partial charge in [0.1, 0.15) is 5.69 Å². The third-order valence-corrected chi connectivity index (χ3v) is 2.35. The van der Waals surface area contributed by atoms with Crippen molar-refractivity contribution in [2.45, 2.75) is 13.8 Å². The van der Waals surface area contributed by atoms with Crippen LogP contribution in [0.5, 0.6) is 0 Å². The zero-order valence-electron chi connectivity index (χ0n) is 8.57. The summed E-state index contributed by atoms with van der Waals surface area (Å²) in [6, 6.07) is 0. The molecule has 0 spiro atoms. The highest BCUT2D eigenvalue weighted by Crippen LogP contribution is 2.10. The predicted molar refractivity (Wildman–Crippen MR) is 56.1 cm³/mol. The minimum absolute atomic E-state index is 0.207. The number of rotatable bonds is 4. The first kappa shape index (κ1) is 11.6. The molecule has 15 heavy (non-hydrogen) atoms. The van der Waals surface area contributed by atoms with Gasteiger partial charge in [0, 0.05) is 11.9 Å². The quantitative estimate of drug-likeness (QED) is 0.783. The minimum atomic E-state index is -0.488. The fourth-order valence-corrected chi connectivity index (χ4v) is 1.60. The van der Waals surface area contributed by atoms with Crippen molar-refractivity contribution in [3.05, 3.63) is 16.1 Å². The highest BCUT2D eigenvalue weighted by Gasteiger charge is 2.15. The first-order chi connectivity index (χ1) is 7.19. The molecule has 0 aliphatic heterocycles. The SMILES string of the molecule is CCNC(=O)c1csc(C(=O)OCC)n1. The van der Waals surface area contributed by atoms with Crippen molar-refractivity contribution in [3.8, 4) is 0 Å². The Balaban J connectivity index is 2.71. The van der Waals surface area contributed by atoms with Crippen LogP contribution in [0.25, 0.3) is 0 Å². The van der Waals surface area contributed by atoms with Gasteiger partial charge in [-0.25, -0.2) is 9.78 Å². The molecule has 1 aromatic heterocycles. The monoisotopic (exact) mass is 228 g/mol. The molecule has 1 rings (SSSR count). The molecule has 1 N–H and O–H groups in total. The van der Waals surface area contributed by atoms with Crippen molar-refractivity contribution >= 4 is 23.2 Å². The molecule has 0 radical (unpaired) electrons. The van der Waals surface area contributed by atoms with Gasteiger partial charge >= 0.3 is 5.97 Å². The van der Waals surface area contributed by atoms with Gasteiger partial charge in [0.2, 0.25) is 5.01 Å². The van der Waals surface area contributed by atoms with Crippen molar-refractivity contribution < 1.29 is 14.3 Å². The van der Waals surface area contributed by atoms with E-state index in [1.54, 1.807) is 6.92 Å². The van der Waals surface area contributed by atoms with Crippen LogP contribution in [-0.2, 0) is 4.74 Å². The van der Waals surface area contributed by atoms with Crippen molar-refractivity contribution in [3.63, 3.8) is 0 Å². The Morgan fingerprint density at radius 2 is 2.27 bits per heavy atom. The number of nitrogens with one attached hydrogen (secondary N) is 1. The Kier molecular flexibility index (Phi) is 4.23. The highest BCUT2D eigenvalue weighted by molar-refractivity contribution is 7.11. The largest absolute Gasteiger partial charge is 0.461 e. The van der Waals surface area contributed by atoms with Gasteiger partial charge in [-0.05, 0) is 13.8 Å². The lowest BCUT2D eigenvalue weighted by atomic mass is 10.4. The summed E-state index contributed by atoms with van der Waals surface area (Å²) in [6.07, 6.45) is 0. The number of nitrogens with zero attached hydrogens (tertiary/aromatic N) is 1. The van der Waals surface area contributed by atoms with E-state index in [2.05, 4.69) is 10.3 Å². The Morgan fingerprint density at radius 1 is 1.53 bits per heavy atom. The van der Waals surface area contributed by atoms with Gasteiger partial charge in [0.05, 0.1) is 6.61 Å². The molecule has 1 heterocycles. The average molecular weight is 228 g/mol. The van der Waals surface area contributed by atoms with Gasteiger partial charge in [-0.1, -0.05) is 0 Å². The first-order valence-corrected chi connectivity index (χ1v) is 5.47. The molecule has 0 bridgehead atoms. The maximum absolute atomic E-state index is 11.3. The maximum Gasteiger partial charge on any atom is 0.367 e. The summed E-state index contributed by atoms with van der Waals surface area (Å²) in [4.78, 5) is 26.4. The van der Waals surface area contributed by atoms with E-state index in [1.807, 2.05) is 6.92 Å². The van der Waals surface area contributed by atoms with Gasteiger partial charge in [0.15, 0.2) is 0 Å². The number of ether oxygens (including phenoxy) is 1. The molecule has 0 saturated carbocycles. The summed E-state index contributed by atoms with van der Waals surface area (Å²) in [7, 11) is 0. The number of carbonyl (C=O) groups excluding carboxylic acids is 2. The van der Waals surface area contributed by atoms with E-state index in [1.165, 1.54) is 5.38 Å². The van der Waals surface area contributed by atoms with Gasteiger partial charge in [-0.15, -0.1) is 11.3 Å². The molecule has 0 unspecified atom stereocenters. The number of hydrogen-bond donors (Lipinski definition) is 1. The molecule has 6 heteroatoms. The summed E-state index contributed by atoms with van der Waals surface area (Å²) in [5.41, 5.74) is 0.255. The van der Waals surface area contributed by atoms with Crippen molar-refractivity contribution in [2.75, 3.05) is 13.2 Å². The number of aromatic nitrogens is 1. The second-order valence-electron chi connectivity index (χ2n) is 2.62. The summed E-state index contributed by atoms with van der Waals surface area (Å²) in [5.74, 6) is -0.762. The minimum Gasteiger partial charge on any atom is -0.461 e. The molecule has 0 fully saturated rings. The van der Waals surface area contributed by atoms with Gasteiger partial charge in [0.25, 0.3) is 5.91 Å². The molecule has 0 aromatic carbocycles. The standard InChI is InChI=1S/C9H12N2O3S/c1-3-10-7(12)6-5-15-8(11-6)9(13)14-4-2/h5H,3-4H2,1-2H3,(H,10,12). The van der Waals surface area contributed by atoms with Crippen molar-refractivity contribution in [1.82, 2.24) is 10.3 Å². The molecule has 0 aliphatic carbocycles. The predicted octanol–water partition coefficient (Wildman–Crippen LogP) is 1.07. The van der Waals surface area contributed by atoms with Crippen LogP contribution in [0.3, 0.4) is 0 Å². The van der Waals surface area contributed by atoms with E-state index in [9.17, 15) is 9.59 Å². The second kappa shape index (κ2) is 5.45. The van der Waals surface area contributed by atoms with E-state index in [0.717, 1.165) is 11.3 Å². The molecule has 82 valence electrons. The smallest absolute Gasteiger partial charge is 0.367 e. The Hall–Kier alpha value is -1.43. The maximum atomic E-state index is 11.3. The van der Waals surface area contributed by atoms with Gasteiger partial charge in [-0.3, -0.25) is 4.79 Å². The topological polar surface area (TPSA) is 68.3 Å². The van der Waals surface area contributed by atoms with E-state index in [-0.39, 0.29) is 16.6 Å². The number of carbonyl (C=O) groups is 2. The van der Waals surface area contributed by atoms with Crippen LogP contribution in [-0.4, -0.2) is 30.0 Å². The van der Waals surface area contributed by atoms with E-state index >= 15 is 0 Å². The lowest BCUT2D eigenvalue weighted by Gasteiger charge is -1.97. The average Bonchev–Trinajstić information content (AvgIpc) is 2.67. The second-order valence-corrected chi connectivity index (χ2v) is 3.48. The Morgan fingerprint density at radius 3 is 2.87 bits per heavy atom. The fourth-order valence-electron chi connectivity index (χ4n) is 0.916. The summed E-state index contributed by atoms with van der Waals surface area (Å²) < 4.78 is 4.76. The first-order valence-electron chi connectivity index (χ1n) is 4.59. The zero-order chi connectivity index (χ0) is 11.3. The summed E-state index contributed by atoms with van der Waals surface area (Å²) >= 11 is 1.11. The normalized spacial score (nSPS) is 9.73.